The number of halogens is 3. The second kappa shape index (κ2) is 5.78. The van der Waals surface area contributed by atoms with E-state index in [0.29, 0.717) is 31.3 Å². The van der Waals surface area contributed by atoms with Crippen LogP contribution >= 0.6 is 0 Å². The van der Waals surface area contributed by atoms with Crippen LogP contribution in [0, 0.1) is 6.92 Å². The summed E-state index contributed by atoms with van der Waals surface area (Å²) in [7, 11) is 0. The highest BCUT2D eigenvalue weighted by molar-refractivity contribution is 5.76. The summed E-state index contributed by atoms with van der Waals surface area (Å²) in [5, 5.41) is 3.76. The zero-order chi connectivity index (χ0) is 14.8. The van der Waals surface area contributed by atoms with Crippen molar-refractivity contribution in [2.75, 3.05) is 26.2 Å². The van der Waals surface area contributed by atoms with E-state index < -0.39 is 18.5 Å². The van der Waals surface area contributed by atoms with Crippen molar-refractivity contribution in [2.24, 2.45) is 0 Å². The van der Waals surface area contributed by atoms with Crippen molar-refractivity contribution in [3.05, 3.63) is 11.7 Å². The first-order valence-corrected chi connectivity index (χ1v) is 6.19. The van der Waals surface area contributed by atoms with Crippen LogP contribution in [-0.4, -0.2) is 58.2 Å². The van der Waals surface area contributed by atoms with Gasteiger partial charge in [0.1, 0.15) is 6.42 Å². The summed E-state index contributed by atoms with van der Waals surface area (Å²) in [6.45, 7) is 3.72. The molecule has 1 aliphatic rings. The van der Waals surface area contributed by atoms with Crippen LogP contribution in [0.1, 0.15) is 18.1 Å². The Bertz CT molecular complexity index is 466. The molecule has 20 heavy (non-hydrogen) atoms. The first kappa shape index (κ1) is 14.8. The number of hydrogen-bond acceptors (Lipinski definition) is 5. The van der Waals surface area contributed by atoms with Gasteiger partial charge < -0.3 is 9.42 Å². The Morgan fingerprint density at radius 2 is 1.95 bits per heavy atom. The highest BCUT2D eigenvalue weighted by Gasteiger charge is 2.34. The molecule has 2 rings (SSSR count). The van der Waals surface area contributed by atoms with Crippen LogP contribution in [0.5, 0.6) is 0 Å². The number of aryl methyl sites for hydroxylation is 1. The van der Waals surface area contributed by atoms with Gasteiger partial charge in [0.2, 0.25) is 11.8 Å². The molecule has 2 heterocycles. The summed E-state index contributed by atoms with van der Waals surface area (Å²) in [6.07, 6.45) is -5.84. The number of carbonyl (C=O) groups is 1. The Balaban J connectivity index is 1.79. The minimum absolute atomic E-state index is 0.283. The van der Waals surface area contributed by atoms with Gasteiger partial charge in [0.15, 0.2) is 5.82 Å². The van der Waals surface area contributed by atoms with Crippen molar-refractivity contribution in [1.29, 1.82) is 0 Å². The van der Waals surface area contributed by atoms with E-state index in [1.165, 1.54) is 4.90 Å². The molecule has 0 aromatic carbocycles. The fraction of sp³-hybridized carbons (Fsp3) is 0.727. The van der Waals surface area contributed by atoms with Crippen LogP contribution in [0.25, 0.3) is 0 Å². The summed E-state index contributed by atoms with van der Waals surface area (Å²) in [4.78, 5) is 18.7. The average Bonchev–Trinajstić information content (AvgIpc) is 2.73. The molecule has 0 unspecified atom stereocenters. The molecule has 1 saturated heterocycles. The molecule has 0 bridgehead atoms. The third-order valence-corrected chi connectivity index (χ3v) is 3.01. The predicted molar refractivity (Wildman–Crippen MR) is 61.6 cm³/mol. The van der Waals surface area contributed by atoms with Crippen LogP contribution in [0.3, 0.4) is 0 Å². The molecule has 1 fully saturated rings. The molecule has 6 nitrogen and oxygen atoms in total. The minimum atomic E-state index is -4.45. The van der Waals surface area contributed by atoms with Gasteiger partial charge in [0.25, 0.3) is 0 Å². The standard InChI is InChI=1S/C11H15F3N4O2/c1-8-15-9(16-20-8)7-17-2-4-18(5-3-17)10(19)6-11(12,13)14/h2-7H2,1H3. The maximum absolute atomic E-state index is 12.1. The molecule has 0 spiro atoms. The summed E-state index contributed by atoms with van der Waals surface area (Å²) in [6, 6.07) is 0. The van der Waals surface area contributed by atoms with Crippen molar-refractivity contribution in [3.8, 4) is 0 Å². The molecule has 1 aliphatic heterocycles. The lowest BCUT2D eigenvalue weighted by atomic mass is 10.2. The summed E-state index contributed by atoms with van der Waals surface area (Å²) in [5.74, 6) is 0.143. The Morgan fingerprint density at radius 1 is 1.30 bits per heavy atom. The lowest BCUT2D eigenvalue weighted by Gasteiger charge is -2.34. The summed E-state index contributed by atoms with van der Waals surface area (Å²) >= 11 is 0. The van der Waals surface area contributed by atoms with Gasteiger partial charge in [-0.25, -0.2) is 0 Å². The first-order valence-electron chi connectivity index (χ1n) is 6.19. The zero-order valence-electron chi connectivity index (χ0n) is 11.0. The average molecular weight is 292 g/mol. The largest absolute Gasteiger partial charge is 0.397 e. The van der Waals surface area contributed by atoms with Crippen molar-refractivity contribution < 1.29 is 22.5 Å². The summed E-state index contributed by atoms with van der Waals surface area (Å²) < 4.78 is 41.3. The number of piperazine rings is 1. The molecule has 1 amide bonds. The molecule has 0 saturated carbocycles. The fourth-order valence-electron chi connectivity index (χ4n) is 2.04. The van der Waals surface area contributed by atoms with E-state index in [4.69, 9.17) is 4.52 Å². The lowest BCUT2D eigenvalue weighted by molar-refractivity contribution is -0.162. The quantitative estimate of drug-likeness (QED) is 0.831. The molecule has 112 valence electrons. The monoisotopic (exact) mass is 292 g/mol. The topological polar surface area (TPSA) is 62.5 Å². The fourth-order valence-corrected chi connectivity index (χ4v) is 2.04. The molecule has 1 aromatic rings. The van der Waals surface area contributed by atoms with Gasteiger partial charge in [-0.3, -0.25) is 9.69 Å². The van der Waals surface area contributed by atoms with E-state index in [-0.39, 0.29) is 13.1 Å². The maximum Gasteiger partial charge on any atom is 0.397 e. The highest BCUT2D eigenvalue weighted by atomic mass is 19.4. The highest BCUT2D eigenvalue weighted by Crippen LogP contribution is 2.21. The van der Waals surface area contributed by atoms with Crippen LogP contribution in [-0.2, 0) is 11.3 Å². The number of amides is 1. The SMILES string of the molecule is Cc1nc(CN2CCN(C(=O)CC(F)(F)F)CC2)no1. The molecule has 0 aliphatic carbocycles. The Hall–Kier alpha value is -1.64. The third kappa shape index (κ3) is 4.19. The maximum atomic E-state index is 12.1. The van der Waals surface area contributed by atoms with Gasteiger partial charge in [-0.15, -0.1) is 0 Å². The smallest absolute Gasteiger partial charge is 0.340 e. The zero-order valence-corrected chi connectivity index (χ0v) is 11.0. The van der Waals surface area contributed by atoms with Crippen molar-refractivity contribution >= 4 is 5.91 Å². The molecular weight excluding hydrogens is 277 g/mol. The Labute approximate surface area is 113 Å². The van der Waals surface area contributed by atoms with Gasteiger partial charge in [0.05, 0.1) is 6.54 Å². The third-order valence-electron chi connectivity index (χ3n) is 3.01. The molecule has 0 atom stereocenters. The number of carbonyl (C=O) groups excluding carboxylic acids is 1. The molecule has 0 radical (unpaired) electrons. The Morgan fingerprint density at radius 3 is 2.45 bits per heavy atom. The van der Waals surface area contributed by atoms with Gasteiger partial charge in [-0.2, -0.15) is 18.2 Å². The first-order chi connectivity index (χ1) is 9.33. The number of rotatable bonds is 3. The molecule has 0 N–H and O–H groups in total. The number of nitrogens with zero attached hydrogens (tertiary/aromatic N) is 4. The van der Waals surface area contributed by atoms with Gasteiger partial charge in [0, 0.05) is 33.1 Å². The van der Waals surface area contributed by atoms with Crippen LogP contribution in [0.4, 0.5) is 13.2 Å². The Kier molecular flexibility index (Phi) is 4.26. The van der Waals surface area contributed by atoms with E-state index in [2.05, 4.69) is 10.1 Å². The van der Waals surface area contributed by atoms with Crippen molar-refractivity contribution in [3.63, 3.8) is 0 Å². The number of aromatic nitrogens is 2. The number of alkyl halides is 3. The normalized spacial score (nSPS) is 17.5. The second-order valence-electron chi connectivity index (χ2n) is 4.68. The van der Waals surface area contributed by atoms with Crippen LogP contribution < -0.4 is 0 Å². The molecular formula is C11H15F3N4O2. The minimum Gasteiger partial charge on any atom is -0.340 e. The van der Waals surface area contributed by atoms with Gasteiger partial charge in [-0.05, 0) is 0 Å². The van der Waals surface area contributed by atoms with Crippen molar-refractivity contribution in [2.45, 2.75) is 26.1 Å². The molecule has 1 aromatic heterocycles. The summed E-state index contributed by atoms with van der Waals surface area (Å²) in [5.41, 5.74) is 0. The van der Waals surface area contributed by atoms with E-state index in [1.807, 2.05) is 4.90 Å². The van der Waals surface area contributed by atoms with Gasteiger partial charge >= 0.3 is 6.18 Å². The second-order valence-corrected chi connectivity index (χ2v) is 4.68. The van der Waals surface area contributed by atoms with E-state index in [9.17, 15) is 18.0 Å². The van der Waals surface area contributed by atoms with E-state index in [1.54, 1.807) is 6.92 Å². The van der Waals surface area contributed by atoms with Gasteiger partial charge in [-0.1, -0.05) is 5.16 Å². The van der Waals surface area contributed by atoms with Crippen LogP contribution in [0.15, 0.2) is 4.52 Å². The van der Waals surface area contributed by atoms with E-state index in [0.717, 1.165) is 0 Å². The van der Waals surface area contributed by atoms with Crippen molar-refractivity contribution in [1.82, 2.24) is 19.9 Å². The van der Waals surface area contributed by atoms with Crippen LogP contribution in [0.2, 0.25) is 0 Å². The number of hydrogen-bond donors (Lipinski definition) is 0. The van der Waals surface area contributed by atoms with E-state index >= 15 is 0 Å². The predicted octanol–water partition coefficient (Wildman–Crippen LogP) is 0.975. The molecule has 9 heteroatoms. The lowest BCUT2D eigenvalue weighted by Crippen LogP contribution is -2.49.